The topological polar surface area (TPSA) is 51.1 Å². The molecule has 4 rings (SSSR count). The van der Waals surface area contributed by atoms with E-state index in [2.05, 4.69) is 20.9 Å². The molecule has 35 heavy (non-hydrogen) atoms. The summed E-state index contributed by atoms with van der Waals surface area (Å²) in [5, 5.41) is 1.28. The van der Waals surface area contributed by atoms with Crippen LogP contribution in [0.3, 0.4) is 0 Å². The number of aliphatic imine (C=N–C) groups is 1. The van der Waals surface area contributed by atoms with E-state index in [1.807, 2.05) is 80.6 Å². The van der Waals surface area contributed by atoms with E-state index in [0.717, 1.165) is 26.9 Å². The fourth-order valence-electron chi connectivity index (χ4n) is 3.34. The van der Waals surface area contributed by atoms with Crippen LogP contribution in [-0.2, 0) is 11.4 Å². The Hall–Kier alpha value is -2.74. The average Bonchev–Trinajstić information content (AvgIpc) is 3.10. The minimum Gasteiger partial charge on any atom is -0.490 e. The summed E-state index contributed by atoms with van der Waals surface area (Å²) >= 11 is 11.2. The van der Waals surface area contributed by atoms with E-state index in [1.165, 1.54) is 11.8 Å². The Labute approximate surface area is 222 Å². The van der Waals surface area contributed by atoms with Crippen LogP contribution in [0, 0.1) is 6.92 Å². The van der Waals surface area contributed by atoms with Crippen molar-refractivity contribution in [2.24, 2.45) is 4.99 Å². The number of hydrogen-bond donors (Lipinski definition) is 0. The zero-order valence-electron chi connectivity index (χ0n) is 19.5. The lowest BCUT2D eigenvalue weighted by molar-refractivity contribution is -0.121. The molecule has 0 N–H and O–H groups in total. The van der Waals surface area contributed by atoms with Crippen LogP contribution in [0.25, 0.3) is 6.08 Å². The number of benzene rings is 3. The molecule has 8 heteroatoms. The molecule has 0 atom stereocenters. The Morgan fingerprint density at radius 2 is 1.80 bits per heavy atom. The number of thioether (sulfide) groups is 1. The highest BCUT2D eigenvalue weighted by atomic mass is 79.9. The van der Waals surface area contributed by atoms with Crippen LogP contribution >= 0.6 is 39.3 Å². The van der Waals surface area contributed by atoms with E-state index in [4.69, 9.17) is 21.1 Å². The van der Waals surface area contributed by atoms with Crippen molar-refractivity contribution in [3.63, 3.8) is 0 Å². The van der Waals surface area contributed by atoms with Gasteiger partial charge in [0, 0.05) is 22.1 Å². The van der Waals surface area contributed by atoms with E-state index in [-0.39, 0.29) is 5.91 Å². The summed E-state index contributed by atoms with van der Waals surface area (Å²) in [6.07, 6.45) is 1.84. The number of carbonyl (C=O) groups is 1. The highest BCUT2D eigenvalue weighted by Crippen LogP contribution is 2.39. The summed E-state index contributed by atoms with van der Waals surface area (Å²) in [5.41, 5.74) is 3.65. The maximum Gasteiger partial charge on any atom is 0.266 e. The van der Waals surface area contributed by atoms with Crippen molar-refractivity contribution < 1.29 is 14.3 Å². The normalized spacial score (nSPS) is 15.8. The molecular weight excluding hydrogens is 548 g/mol. The fraction of sp³-hybridized carbons (Fsp3) is 0.185. The molecular formula is C27H24BrClN2O3S. The van der Waals surface area contributed by atoms with Crippen LogP contribution in [0.2, 0.25) is 5.02 Å². The molecule has 0 spiro atoms. The summed E-state index contributed by atoms with van der Waals surface area (Å²) in [6, 6.07) is 19.2. The van der Waals surface area contributed by atoms with Crippen molar-refractivity contribution in [3.05, 3.63) is 91.8 Å². The lowest BCUT2D eigenvalue weighted by Crippen LogP contribution is -2.23. The lowest BCUT2D eigenvalue weighted by atomic mass is 10.1. The van der Waals surface area contributed by atoms with E-state index < -0.39 is 0 Å². The van der Waals surface area contributed by atoms with Crippen molar-refractivity contribution in [1.82, 2.24) is 4.90 Å². The van der Waals surface area contributed by atoms with Crippen LogP contribution in [0.4, 0.5) is 5.69 Å². The van der Waals surface area contributed by atoms with Crippen molar-refractivity contribution in [2.75, 3.05) is 13.7 Å². The number of amidine groups is 1. The quantitative estimate of drug-likeness (QED) is 0.274. The Kier molecular flexibility index (Phi) is 8.21. The predicted octanol–water partition coefficient (Wildman–Crippen LogP) is 7.62. The number of hydrogen-bond acceptors (Lipinski definition) is 5. The first-order chi connectivity index (χ1) is 16.9. The number of likely N-dealkylation sites (N-methyl/N-ethyl adjacent to an activating group) is 1. The monoisotopic (exact) mass is 570 g/mol. The first kappa shape index (κ1) is 25.4. The molecule has 0 unspecified atom stereocenters. The average molecular weight is 572 g/mol. The minimum atomic E-state index is -0.107. The molecule has 1 aliphatic rings. The first-order valence-electron chi connectivity index (χ1n) is 11.0. The van der Waals surface area contributed by atoms with E-state index in [1.54, 1.807) is 11.9 Å². The Morgan fingerprint density at radius 3 is 2.51 bits per heavy atom. The third kappa shape index (κ3) is 6.10. The molecule has 0 radical (unpaired) electrons. The number of rotatable bonds is 7. The molecule has 1 heterocycles. The molecule has 0 aliphatic carbocycles. The van der Waals surface area contributed by atoms with Crippen molar-refractivity contribution >= 4 is 62.1 Å². The van der Waals surface area contributed by atoms with Gasteiger partial charge in [0.05, 0.1) is 17.2 Å². The van der Waals surface area contributed by atoms with Crippen LogP contribution in [0.15, 0.2) is 75.0 Å². The largest absolute Gasteiger partial charge is 0.490 e. The third-order valence-electron chi connectivity index (χ3n) is 5.25. The summed E-state index contributed by atoms with van der Waals surface area (Å²) in [6.45, 7) is 4.73. The van der Waals surface area contributed by atoms with Crippen molar-refractivity contribution in [3.8, 4) is 11.5 Å². The smallest absolute Gasteiger partial charge is 0.266 e. The molecule has 0 bridgehead atoms. The van der Waals surface area contributed by atoms with Gasteiger partial charge in [0.15, 0.2) is 16.7 Å². The molecule has 3 aromatic rings. The zero-order chi connectivity index (χ0) is 24.9. The second-order valence-corrected chi connectivity index (χ2v) is 10.1. The molecule has 3 aromatic carbocycles. The standard InChI is InChI=1S/C27H24BrClN2O3S/c1-4-33-23-13-19(21(28)15-24(23)34-16-18-7-5-6-8-22(18)29)14-25-26(32)31(3)27(35-25)30-20-11-9-17(2)10-12-20/h5-15H,4,16H2,1-3H3/b25-14-,30-27?. The highest BCUT2D eigenvalue weighted by molar-refractivity contribution is 9.10. The summed E-state index contributed by atoms with van der Waals surface area (Å²) in [7, 11) is 1.73. The SMILES string of the molecule is CCOc1cc(/C=C2\SC(=Nc3ccc(C)cc3)N(C)C2=O)c(Br)cc1OCc1ccccc1Cl. The van der Waals surface area contributed by atoms with Crippen LogP contribution < -0.4 is 9.47 Å². The molecule has 1 saturated heterocycles. The van der Waals surface area contributed by atoms with E-state index >= 15 is 0 Å². The van der Waals surface area contributed by atoms with Gasteiger partial charge in [-0.05, 0) is 67.6 Å². The van der Waals surface area contributed by atoms with Crippen LogP contribution in [0.1, 0.15) is 23.6 Å². The van der Waals surface area contributed by atoms with Gasteiger partial charge in [-0.25, -0.2) is 4.99 Å². The molecule has 1 fully saturated rings. The maximum absolute atomic E-state index is 12.9. The highest BCUT2D eigenvalue weighted by Gasteiger charge is 2.30. The fourth-order valence-corrected chi connectivity index (χ4v) is 4.94. The van der Waals surface area contributed by atoms with Crippen molar-refractivity contribution in [1.29, 1.82) is 0 Å². The minimum absolute atomic E-state index is 0.107. The molecule has 0 aromatic heterocycles. The van der Waals surface area contributed by atoms with Crippen LogP contribution in [0.5, 0.6) is 11.5 Å². The van der Waals surface area contributed by atoms with Gasteiger partial charge in [-0.3, -0.25) is 9.69 Å². The van der Waals surface area contributed by atoms with Gasteiger partial charge in [0.25, 0.3) is 5.91 Å². The van der Waals surface area contributed by atoms with Gasteiger partial charge < -0.3 is 9.47 Å². The second-order valence-electron chi connectivity index (χ2n) is 7.84. The molecule has 5 nitrogen and oxygen atoms in total. The Balaban J connectivity index is 1.59. The number of aryl methyl sites for hydroxylation is 1. The van der Waals surface area contributed by atoms with Gasteiger partial charge in [0.2, 0.25) is 0 Å². The number of ether oxygens (including phenoxy) is 2. The predicted molar refractivity (Wildman–Crippen MR) is 148 cm³/mol. The molecule has 0 saturated carbocycles. The number of amides is 1. The second kappa shape index (κ2) is 11.3. The van der Waals surface area contributed by atoms with Gasteiger partial charge in [-0.15, -0.1) is 0 Å². The lowest BCUT2D eigenvalue weighted by Gasteiger charge is -2.14. The van der Waals surface area contributed by atoms with Gasteiger partial charge in [-0.1, -0.05) is 63.4 Å². The third-order valence-corrected chi connectivity index (χ3v) is 7.37. The van der Waals surface area contributed by atoms with E-state index in [0.29, 0.717) is 39.8 Å². The van der Waals surface area contributed by atoms with Crippen LogP contribution in [-0.4, -0.2) is 29.6 Å². The number of nitrogens with zero attached hydrogens (tertiary/aromatic N) is 2. The molecule has 180 valence electrons. The summed E-state index contributed by atoms with van der Waals surface area (Å²) in [5.74, 6) is 1.07. The number of halogens is 2. The van der Waals surface area contributed by atoms with Crippen molar-refractivity contribution in [2.45, 2.75) is 20.5 Å². The summed E-state index contributed by atoms with van der Waals surface area (Å²) < 4.78 is 12.7. The molecule has 1 amide bonds. The summed E-state index contributed by atoms with van der Waals surface area (Å²) in [4.78, 5) is 19.7. The number of carbonyl (C=O) groups excluding carboxylic acids is 1. The van der Waals surface area contributed by atoms with E-state index in [9.17, 15) is 4.79 Å². The van der Waals surface area contributed by atoms with Gasteiger partial charge in [0.1, 0.15) is 6.61 Å². The van der Waals surface area contributed by atoms with Gasteiger partial charge in [-0.2, -0.15) is 0 Å². The zero-order valence-corrected chi connectivity index (χ0v) is 22.7. The Bertz CT molecular complexity index is 1310. The Morgan fingerprint density at radius 1 is 1.09 bits per heavy atom. The first-order valence-corrected chi connectivity index (χ1v) is 13.0. The molecule has 1 aliphatic heterocycles. The van der Waals surface area contributed by atoms with Gasteiger partial charge >= 0.3 is 0 Å². The maximum atomic E-state index is 12.9.